The molecule has 2 heterocycles. The lowest BCUT2D eigenvalue weighted by atomic mass is 10.0. The summed E-state index contributed by atoms with van der Waals surface area (Å²) in [5.41, 5.74) is 4.79. The Hall–Kier alpha value is -3.32. The number of nitrogens with zero attached hydrogens (tertiary/aromatic N) is 5. The van der Waals surface area contributed by atoms with E-state index in [1.807, 2.05) is 41.9 Å². The summed E-state index contributed by atoms with van der Waals surface area (Å²) < 4.78 is 1.85. The van der Waals surface area contributed by atoms with Crippen molar-refractivity contribution in [3.8, 4) is 0 Å². The lowest BCUT2D eigenvalue weighted by molar-refractivity contribution is 0.223. The number of tetrazole rings is 1. The highest BCUT2D eigenvalue weighted by Crippen LogP contribution is 2.21. The lowest BCUT2D eigenvalue weighted by Gasteiger charge is -2.25. The van der Waals surface area contributed by atoms with Crippen LogP contribution in [0.3, 0.4) is 0 Å². The third-order valence-corrected chi connectivity index (χ3v) is 5.57. The Bertz CT molecular complexity index is 1280. The van der Waals surface area contributed by atoms with Gasteiger partial charge in [-0.3, -0.25) is 9.69 Å². The van der Waals surface area contributed by atoms with E-state index in [0.717, 1.165) is 33.4 Å². The number of benzene rings is 2. The average molecular weight is 431 g/mol. The van der Waals surface area contributed by atoms with E-state index in [4.69, 9.17) is 0 Å². The van der Waals surface area contributed by atoms with Crippen molar-refractivity contribution < 1.29 is 0 Å². The van der Waals surface area contributed by atoms with Crippen LogP contribution in [0.5, 0.6) is 0 Å². The van der Waals surface area contributed by atoms with Crippen LogP contribution in [-0.2, 0) is 25.2 Å². The third-order valence-electron chi connectivity index (χ3n) is 5.57. The fourth-order valence-electron chi connectivity index (χ4n) is 4.11. The minimum absolute atomic E-state index is 0.0593. The number of aromatic amines is 1. The van der Waals surface area contributed by atoms with Crippen LogP contribution in [0.4, 0.5) is 0 Å². The fourth-order valence-corrected chi connectivity index (χ4v) is 4.11. The summed E-state index contributed by atoms with van der Waals surface area (Å²) in [6.07, 6.45) is 0. The van der Waals surface area contributed by atoms with Crippen LogP contribution in [-0.4, -0.2) is 30.1 Å². The molecule has 7 heteroatoms. The number of fused-ring (bicyclic) bond motifs is 1. The monoisotopic (exact) mass is 430 g/mol. The first-order chi connectivity index (χ1) is 15.2. The largest absolute Gasteiger partial charge is 0.322 e. The summed E-state index contributed by atoms with van der Waals surface area (Å²) in [4.78, 5) is 18.2. The normalized spacial score (nSPS) is 12.1. The second-order valence-electron chi connectivity index (χ2n) is 9.48. The SMILES string of the molecule is Cc1cc(C)c2cc(CN(Cc3ccccc3)Cc3nnnn3C(C)(C)C)c(=O)[nH]c2c1. The molecule has 2 aromatic heterocycles. The van der Waals surface area contributed by atoms with Gasteiger partial charge >= 0.3 is 0 Å². The second kappa shape index (κ2) is 8.67. The van der Waals surface area contributed by atoms with Crippen LogP contribution in [0.1, 0.15) is 48.8 Å². The van der Waals surface area contributed by atoms with E-state index < -0.39 is 0 Å². The quantitative estimate of drug-likeness (QED) is 0.498. The molecule has 0 fully saturated rings. The molecule has 1 N–H and O–H groups in total. The first kappa shape index (κ1) is 21.9. The van der Waals surface area contributed by atoms with Crippen molar-refractivity contribution in [1.29, 1.82) is 0 Å². The van der Waals surface area contributed by atoms with Gasteiger partial charge in [-0.2, -0.15) is 0 Å². The van der Waals surface area contributed by atoms with E-state index in [1.165, 1.54) is 5.56 Å². The number of hydrogen-bond donors (Lipinski definition) is 1. The predicted octanol–water partition coefficient (Wildman–Crippen LogP) is 4.09. The van der Waals surface area contributed by atoms with Gasteiger partial charge in [0.05, 0.1) is 12.1 Å². The van der Waals surface area contributed by atoms with E-state index in [2.05, 4.69) is 71.3 Å². The van der Waals surface area contributed by atoms with Gasteiger partial charge in [-0.05, 0) is 73.9 Å². The van der Waals surface area contributed by atoms with Crippen molar-refractivity contribution >= 4 is 10.9 Å². The van der Waals surface area contributed by atoms with E-state index in [1.54, 1.807) is 0 Å². The highest BCUT2D eigenvalue weighted by molar-refractivity contribution is 5.83. The van der Waals surface area contributed by atoms with Crippen molar-refractivity contribution in [2.75, 3.05) is 0 Å². The van der Waals surface area contributed by atoms with E-state index >= 15 is 0 Å². The van der Waals surface area contributed by atoms with Crippen LogP contribution in [0.15, 0.2) is 53.3 Å². The van der Waals surface area contributed by atoms with Crippen LogP contribution in [0, 0.1) is 13.8 Å². The number of nitrogens with one attached hydrogen (secondary N) is 1. The molecule has 2 aromatic carbocycles. The molecule has 166 valence electrons. The van der Waals surface area contributed by atoms with Gasteiger partial charge in [0.2, 0.25) is 0 Å². The van der Waals surface area contributed by atoms with Crippen molar-refractivity contribution in [3.05, 3.63) is 87.0 Å². The lowest BCUT2D eigenvalue weighted by Crippen LogP contribution is -2.31. The Morgan fingerprint density at radius 1 is 1.00 bits per heavy atom. The molecule has 0 saturated carbocycles. The van der Waals surface area contributed by atoms with Gasteiger partial charge in [-0.25, -0.2) is 4.68 Å². The maximum atomic E-state index is 12.9. The average Bonchev–Trinajstić information content (AvgIpc) is 3.18. The molecule has 0 atom stereocenters. The molecule has 0 bridgehead atoms. The summed E-state index contributed by atoms with van der Waals surface area (Å²) in [6.45, 7) is 12.1. The van der Waals surface area contributed by atoms with Gasteiger partial charge in [-0.1, -0.05) is 36.4 Å². The van der Waals surface area contributed by atoms with Gasteiger partial charge in [0.15, 0.2) is 5.82 Å². The van der Waals surface area contributed by atoms with Crippen molar-refractivity contribution in [2.24, 2.45) is 0 Å². The van der Waals surface area contributed by atoms with Crippen LogP contribution in [0.2, 0.25) is 0 Å². The molecule has 0 unspecified atom stereocenters. The smallest absolute Gasteiger partial charge is 0.252 e. The molecule has 0 spiro atoms. The molecule has 0 amide bonds. The molecule has 7 nitrogen and oxygen atoms in total. The number of hydrogen-bond acceptors (Lipinski definition) is 5. The van der Waals surface area contributed by atoms with Crippen LogP contribution in [0.25, 0.3) is 10.9 Å². The zero-order valence-corrected chi connectivity index (χ0v) is 19.4. The van der Waals surface area contributed by atoms with E-state index in [-0.39, 0.29) is 11.1 Å². The summed E-state index contributed by atoms with van der Waals surface area (Å²) >= 11 is 0. The minimum Gasteiger partial charge on any atom is -0.322 e. The van der Waals surface area contributed by atoms with Gasteiger partial charge in [0.25, 0.3) is 5.56 Å². The molecule has 4 rings (SSSR count). The summed E-state index contributed by atoms with van der Waals surface area (Å²) in [7, 11) is 0. The maximum Gasteiger partial charge on any atom is 0.252 e. The number of H-pyrrole nitrogens is 1. The molecule has 0 aliphatic heterocycles. The summed E-state index contributed by atoms with van der Waals surface area (Å²) in [5.74, 6) is 0.775. The second-order valence-corrected chi connectivity index (χ2v) is 9.48. The first-order valence-electron chi connectivity index (χ1n) is 10.9. The molecule has 0 aliphatic rings. The summed E-state index contributed by atoms with van der Waals surface area (Å²) in [6, 6.07) is 16.4. The van der Waals surface area contributed by atoms with Crippen LogP contribution < -0.4 is 5.56 Å². The minimum atomic E-state index is -0.230. The Labute approximate surface area is 188 Å². The Morgan fingerprint density at radius 2 is 1.75 bits per heavy atom. The van der Waals surface area contributed by atoms with Gasteiger partial charge in [0, 0.05) is 29.6 Å². The highest BCUT2D eigenvalue weighted by atomic mass is 16.1. The highest BCUT2D eigenvalue weighted by Gasteiger charge is 2.22. The number of rotatable bonds is 6. The number of pyridine rings is 1. The Morgan fingerprint density at radius 3 is 2.47 bits per heavy atom. The van der Waals surface area contributed by atoms with Gasteiger partial charge in [0.1, 0.15) is 0 Å². The molecule has 32 heavy (non-hydrogen) atoms. The molecule has 0 saturated heterocycles. The van der Waals surface area contributed by atoms with Crippen molar-refractivity contribution in [3.63, 3.8) is 0 Å². The molecule has 4 aromatic rings. The molecule has 0 aliphatic carbocycles. The van der Waals surface area contributed by atoms with Crippen molar-refractivity contribution in [1.82, 2.24) is 30.1 Å². The molecule has 0 radical (unpaired) electrons. The van der Waals surface area contributed by atoms with Gasteiger partial charge < -0.3 is 4.98 Å². The third kappa shape index (κ3) is 4.78. The van der Waals surface area contributed by atoms with Gasteiger partial charge in [-0.15, -0.1) is 5.10 Å². The van der Waals surface area contributed by atoms with E-state index in [0.29, 0.717) is 19.6 Å². The number of aromatic nitrogens is 5. The zero-order chi connectivity index (χ0) is 22.9. The first-order valence-corrected chi connectivity index (χ1v) is 10.9. The molecular weight excluding hydrogens is 400 g/mol. The maximum absolute atomic E-state index is 12.9. The van der Waals surface area contributed by atoms with E-state index in [9.17, 15) is 4.79 Å². The van der Waals surface area contributed by atoms with Crippen LogP contribution >= 0.6 is 0 Å². The number of aryl methyl sites for hydroxylation is 2. The Kier molecular flexibility index (Phi) is 5.93. The standard InChI is InChI=1S/C25H30N6O/c1-17-11-18(2)21-13-20(24(32)26-22(21)12-17)15-30(14-19-9-7-6-8-10-19)16-23-27-28-29-31(23)25(3,4)5/h6-13H,14-16H2,1-5H3,(H,26,32). The topological polar surface area (TPSA) is 79.7 Å². The summed E-state index contributed by atoms with van der Waals surface area (Å²) in [5, 5.41) is 13.4. The van der Waals surface area contributed by atoms with Crippen molar-refractivity contribution in [2.45, 2.75) is 59.8 Å². The fraction of sp³-hybridized carbons (Fsp3) is 0.360. The Balaban J connectivity index is 1.70. The molecular formula is C25H30N6O. The zero-order valence-electron chi connectivity index (χ0n) is 19.4. The predicted molar refractivity (Wildman–Crippen MR) is 126 cm³/mol.